The molecule has 6 rings (SSSR count). The van der Waals surface area contributed by atoms with Crippen LogP contribution in [0.5, 0.6) is 11.5 Å². The molecule has 4 aromatic carbocycles. The third-order valence-electron chi connectivity index (χ3n) is 10.5. The van der Waals surface area contributed by atoms with Crippen LogP contribution < -0.4 is 14.3 Å². The summed E-state index contributed by atoms with van der Waals surface area (Å²) in [5.74, 6) is -0.553. The number of ether oxygens (including phenoxy) is 1. The zero-order chi connectivity index (χ0) is 42.2. The summed E-state index contributed by atoms with van der Waals surface area (Å²) in [6, 6.07) is 12.3. The summed E-state index contributed by atoms with van der Waals surface area (Å²) in [6.07, 6.45) is 6.23. The van der Waals surface area contributed by atoms with E-state index in [1.807, 2.05) is 11.8 Å². The lowest BCUT2D eigenvalue weighted by Gasteiger charge is -2.30. The number of sulfonamides is 3. The number of azo groups is 1. The Kier molecular flexibility index (Phi) is 12.6. The molecule has 0 spiro atoms. The normalized spacial score (nSPS) is 16.3. The molecule has 2 fully saturated rings. The number of hydrogen-bond donors (Lipinski definition) is 4. The van der Waals surface area contributed by atoms with Crippen molar-refractivity contribution < 1.29 is 40.2 Å². The predicted octanol–water partition coefficient (Wildman–Crippen LogP) is 7.84. The van der Waals surface area contributed by atoms with Crippen molar-refractivity contribution in [3.63, 3.8) is 0 Å². The molecule has 0 aromatic heterocycles. The second-order valence-corrected chi connectivity index (χ2v) is 20.7. The van der Waals surface area contributed by atoms with Crippen molar-refractivity contribution in [1.29, 1.82) is 0 Å². The van der Waals surface area contributed by atoms with Crippen molar-refractivity contribution in [2.75, 3.05) is 46.9 Å². The first-order valence-electron chi connectivity index (χ1n) is 19.3. The third kappa shape index (κ3) is 9.20. The van der Waals surface area contributed by atoms with E-state index < -0.39 is 52.8 Å². The minimum absolute atomic E-state index is 0.00299. The van der Waals surface area contributed by atoms with Gasteiger partial charge >= 0.3 is 0 Å². The number of aromatic hydroxyl groups is 2. The lowest BCUT2D eigenvalue weighted by Crippen LogP contribution is -2.41. The molecule has 2 aliphatic rings. The van der Waals surface area contributed by atoms with Crippen molar-refractivity contribution >= 4 is 69.3 Å². The largest absolute Gasteiger partial charge is 0.506 e. The Morgan fingerprint density at radius 3 is 2.12 bits per heavy atom. The summed E-state index contributed by atoms with van der Waals surface area (Å²) in [5.41, 5.74) is 2.28. The first-order chi connectivity index (χ1) is 27.3. The van der Waals surface area contributed by atoms with Gasteiger partial charge in [0, 0.05) is 35.9 Å². The molecule has 0 bridgehead atoms. The molecule has 4 N–H and O–H groups in total. The number of benzene rings is 4. The topological polar surface area (TPSA) is 207 Å². The maximum atomic E-state index is 14.4. The standard InChI is InChI=1S/C40H52N6O9S3/c1-25(2)46(26(3)4)58(53,54)38-24-34(39-30(40(38)48)13-10-14-32(39)43-56(6,49)50)42-41-29-15-16-35(45-17-19-55-20-18-45)37(22-29)57(51,52)44-33-23-31(27(5)21-36(33)47)28-11-8-7-9-12-28/h10,13-16,21-26,28,43-44,47-48H,7-9,11-12,17-20H2,1-6H3. The van der Waals surface area contributed by atoms with Crippen LogP contribution >= 0.6 is 0 Å². The number of fused-ring (bicyclic) bond motifs is 1. The lowest BCUT2D eigenvalue weighted by atomic mass is 9.82. The summed E-state index contributed by atoms with van der Waals surface area (Å²) in [6.45, 7) is 10.3. The fraction of sp³-hybridized carbons (Fsp3) is 0.450. The van der Waals surface area contributed by atoms with Crippen molar-refractivity contribution in [2.24, 2.45) is 10.2 Å². The molecule has 58 heavy (non-hydrogen) atoms. The molecule has 1 saturated heterocycles. The molecule has 0 amide bonds. The highest BCUT2D eigenvalue weighted by atomic mass is 32.2. The van der Waals surface area contributed by atoms with E-state index in [1.165, 1.54) is 28.6 Å². The van der Waals surface area contributed by atoms with Crippen molar-refractivity contribution in [3.8, 4) is 11.5 Å². The van der Waals surface area contributed by atoms with E-state index in [2.05, 4.69) is 19.7 Å². The van der Waals surface area contributed by atoms with E-state index in [4.69, 9.17) is 4.74 Å². The Balaban J connectivity index is 1.49. The zero-order valence-corrected chi connectivity index (χ0v) is 36.0. The molecular formula is C40H52N6O9S3. The van der Waals surface area contributed by atoms with E-state index in [1.54, 1.807) is 52.0 Å². The summed E-state index contributed by atoms with van der Waals surface area (Å²) < 4.78 is 93.8. The Bertz CT molecular complexity index is 2540. The molecule has 18 heteroatoms. The van der Waals surface area contributed by atoms with Crippen LogP contribution in [0.25, 0.3) is 10.8 Å². The molecule has 0 unspecified atom stereocenters. The number of rotatable bonds is 13. The number of morpholine rings is 1. The van der Waals surface area contributed by atoms with Gasteiger partial charge in [0.2, 0.25) is 20.0 Å². The molecular weight excluding hydrogens is 805 g/mol. The van der Waals surface area contributed by atoms with Crippen molar-refractivity contribution in [2.45, 2.75) is 94.5 Å². The van der Waals surface area contributed by atoms with Gasteiger partial charge in [-0.2, -0.15) is 9.42 Å². The van der Waals surface area contributed by atoms with Gasteiger partial charge in [-0.1, -0.05) is 31.4 Å². The predicted molar refractivity (Wildman–Crippen MR) is 227 cm³/mol. The first kappa shape index (κ1) is 43.1. The Morgan fingerprint density at radius 2 is 1.48 bits per heavy atom. The highest BCUT2D eigenvalue weighted by molar-refractivity contribution is 7.93. The minimum Gasteiger partial charge on any atom is -0.506 e. The monoisotopic (exact) mass is 856 g/mol. The fourth-order valence-electron chi connectivity index (χ4n) is 8.05. The summed E-state index contributed by atoms with van der Waals surface area (Å²) >= 11 is 0. The van der Waals surface area contributed by atoms with Gasteiger partial charge in [0.15, 0.2) is 0 Å². The maximum absolute atomic E-state index is 14.4. The Labute approximate surface area is 341 Å². The highest BCUT2D eigenvalue weighted by Gasteiger charge is 2.34. The smallest absolute Gasteiger partial charge is 0.264 e. The Morgan fingerprint density at radius 1 is 0.810 bits per heavy atom. The lowest BCUT2D eigenvalue weighted by molar-refractivity contribution is 0.122. The van der Waals surface area contributed by atoms with E-state index in [0.29, 0.717) is 32.0 Å². The van der Waals surface area contributed by atoms with Gasteiger partial charge in [0.25, 0.3) is 10.0 Å². The molecule has 1 heterocycles. The SMILES string of the molecule is Cc1cc(O)c(NS(=O)(=O)c2cc(N=Nc3cc(S(=O)(=O)N(C(C)C)C(C)C)c(O)c4cccc(NS(C)(=O)=O)c34)ccc2N2CCOCC2)cc1C1CCCCC1. The molecule has 4 aromatic rings. The second-order valence-electron chi connectivity index (χ2n) is 15.5. The van der Waals surface area contributed by atoms with Gasteiger partial charge in [-0.25, -0.2) is 25.3 Å². The maximum Gasteiger partial charge on any atom is 0.264 e. The summed E-state index contributed by atoms with van der Waals surface area (Å²) in [4.78, 5) is 1.27. The van der Waals surface area contributed by atoms with Crippen LogP contribution in [0.1, 0.15) is 76.8 Å². The molecule has 1 aliphatic heterocycles. The van der Waals surface area contributed by atoms with E-state index in [0.717, 1.165) is 55.6 Å². The van der Waals surface area contributed by atoms with Crippen LogP contribution in [0, 0.1) is 6.92 Å². The van der Waals surface area contributed by atoms with Gasteiger partial charge in [0.1, 0.15) is 21.3 Å². The second kappa shape index (κ2) is 17.0. The van der Waals surface area contributed by atoms with Gasteiger partial charge in [-0.15, -0.1) is 5.11 Å². The van der Waals surface area contributed by atoms with E-state index >= 15 is 0 Å². The zero-order valence-electron chi connectivity index (χ0n) is 33.6. The van der Waals surface area contributed by atoms with Crippen LogP contribution in [0.2, 0.25) is 0 Å². The molecule has 1 saturated carbocycles. The van der Waals surface area contributed by atoms with E-state index in [9.17, 15) is 35.5 Å². The van der Waals surface area contributed by atoms with Crippen molar-refractivity contribution in [3.05, 3.63) is 65.7 Å². The summed E-state index contributed by atoms with van der Waals surface area (Å²) in [5, 5.41) is 31.3. The number of nitrogens with zero attached hydrogens (tertiary/aromatic N) is 4. The number of nitrogens with one attached hydrogen (secondary N) is 2. The third-order valence-corrected chi connectivity index (χ3v) is 14.7. The number of phenols is 2. The minimum atomic E-state index is -4.39. The van der Waals surface area contributed by atoms with E-state index in [-0.39, 0.29) is 50.1 Å². The van der Waals surface area contributed by atoms with Crippen LogP contribution in [0.4, 0.5) is 28.4 Å². The molecule has 0 atom stereocenters. The average Bonchev–Trinajstić information content (AvgIpc) is 3.15. The number of anilines is 3. The first-order valence-corrected chi connectivity index (χ1v) is 24.1. The Hall–Kier alpha value is -4.49. The average molecular weight is 857 g/mol. The molecule has 314 valence electrons. The number of aryl methyl sites for hydroxylation is 1. The highest BCUT2D eigenvalue weighted by Crippen LogP contribution is 2.45. The molecule has 1 aliphatic carbocycles. The fourth-order valence-corrected chi connectivity index (χ4v) is 11.9. The summed E-state index contributed by atoms with van der Waals surface area (Å²) in [7, 11) is -12.6. The van der Waals surface area contributed by atoms with Crippen molar-refractivity contribution in [1.82, 2.24) is 4.31 Å². The number of hydrogen-bond acceptors (Lipinski definition) is 12. The number of phenolic OH excluding ortho intramolecular Hbond substituents is 2. The van der Waals surface area contributed by atoms with Gasteiger partial charge in [-0.3, -0.25) is 9.44 Å². The van der Waals surface area contributed by atoms with Gasteiger partial charge in [-0.05, 0) is 107 Å². The quantitative estimate of drug-likeness (QED) is 0.0757. The van der Waals surface area contributed by atoms with Crippen LogP contribution in [0.3, 0.4) is 0 Å². The van der Waals surface area contributed by atoms with Crippen LogP contribution in [-0.4, -0.2) is 84.4 Å². The van der Waals surface area contributed by atoms with Gasteiger partial charge < -0.3 is 19.8 Å². The molecule has 0 radical (unpaired) electrons. The molecule has 15 nitrogen and oxygen atoms in total. The van der Waals surface area contributed by atoms with Crippen LogP contribution in [-0.2, 0) is 34.8 Å². The van der Waals surface area contributed by atoms with Crippen LogP contribution in [0.15, 0.2) is 74.6 Å². The van der Waals surface area contributed by atoms with Gasteiger partial charge in [0.05, 0.1) is 47.9 Å².